The van der Waals surface area contributed by atoms with Crippen LogP contribution in [0.2, 0.25) is 5.15 Å². The molecule has 1 N–H and O–H groups in total. The van der Waals surface area contributed by atoms with Crippen molar-refractivity contribution in [2.45, 2.75) is 38.1 Å². The van der Waals surface area contributed by atoms with Gasteiger partial charge in [0.25, 0.3) is 0 Å². The van der Waals surface area contributed by atoms with Gasteiger partial charge in [0.1, 0.15) is 0 Å². The fraction of sp³-hybridized carbons (Fsp3) is 0.667. The van der Waals surface area contributed by atoms with Crippen LogP contribution in [0.25, 0.3) is 0 Å². The molecular weight excluding hydrogens is 268 g/mol. The van der Waals surface area contributed by atoms with Gasteiger partial charge in [0, 0.05) is 6.04 Å². The van der Waals surface area contributed by atoms with Crippen LogP contribution in [0.1, 0.15) is 32.1 Å². The molecule has 3 rings (SSSR count). The monoisotopic (exact) mass is 282 g/mol. The highest BCUT2D eigenvalue weighted by atomic mass is 35.5. The highest BCUT2D eigenvalue weighted by molar-refractivity contribution is 6.29. The normalized spacial score (nSPS) is 29.2. The van der Waals surface area contributed by atoms with E-state index in [1.54, 1.807) is 0 Å². The van der Waals surface area contributed by atoms with Gasteiger partial charge < -0.3 is 5.32 Å². The molecule has 2 aliphatic carbocycles. The minimum absolute atomic E-state index is 0.0426. The van der Waals surface area contributed by atoms with Gasteiger partial charge in [0.2, 0.25) is 5.82 Å². The summed E-state index contributed by atoms with van der Waals surface area (Å²) in [7, 11) is 0. The number of hydrogen-bond acceptors (Lipinski definition) is 5. The Labute approximate surface area is 115 Å². The van der Waals surface area contributed by atoms with E-state index in [0.717, 1.165) is 24.7 Å². The quantitative estimate of drug-likeness (QED) is 0.681. The van der Waals surface area contributed by atoms with Crippen molar-refractivity contribution < 1.29 is 4.92 Å². The van der Waals surface area contributed by atoms with Crippen molar-refractivity contribution in [3.05, 3.63) is 21.3 Å². The van der Waals surface area contributed by atoms with Gasteiger partial charge in [-0.25, -0.2) is 0 Å². The van der Waals surface area contributed by atoms with E-state index < -0.39 is 4.92 Å². The zero-order chi connectivity index (χ0) is 13.4. The summed E-state index contributed by atoms with van der Waals surface area (Å²) in [6.45, 7) is 0. The molecule has 0 amide bonds. The van der Waals surface area contributed by atoms with E-state index in [2.05, 4.69) is 15.5 Å². The third-order valence-corrected chi connectivity index (χ3v) is 4.35. The van der Waals surface area contributed by atoms with Crippen LogP contribution in [0, 0.1) is 22.0 Å². The predicted molar refractivity (Wildman–Crippen MR) is 71.2 cm³/mol. The smallest absolute Gasteiger partial charge is 0.316 e. The molecule has 2 fully saturated rings. The highest BCUT2D eigenvalue weighted by Crippen LogP contribution is 2.43. The van der Waals surface area contributed by atoms with Gasteiger partial charge in [-0.3, -0.25) is 10.1 Å². The third-order valence-electron chi connectivity index (χ3n) is 4.17. The van der Waals surface area contributed by atoms with Crippen LogP contribution in [0.5, 0.6) is 0 Å². The lowest BCUT2D eigenvalue weighted by atomic mass is 9.85. The number of hydrogen-bond donors (Lipinski definition) is 1. The van der Waals surface area contributed by atoms with Crippen molar-refractivity contribution in [1.82, 2.24) is 10.2 Å². The number of rotatable bonds is 3. The van der Waals surface area contributed by atoms with Gasteiger partial charge in [-0.2, -0.15) is 0 Å². The molecule has 0 radical (unpaired) electrons. The van der Waals surface area contributed by atoms with Crippen molar-refractivity contribution in [2.24, 2.45) is 11.8 Å². The lowest BCUT2D eigenvalue weighted by Crippen LogP contribution is -2.28. The lowest BCUT2D eigenvalue weighted by molar-refractivity contribution is -0.384. The first-order valence-corrected chi connectivity index (χ1v) is 6.93. The van der Waals surface area contributed by atoms with Crippen LogP contribution in [0.4, 0.5) is 11.5 Å². The predicted octanol–water partition coefficient (Wildman–Crippen LogP) is 3.03. The molecule has 19 heavy (non-hydrogen) atoms. The lowest BCUT2D eigenvalue weighted by Gasteiger charge is -2.28. The number of nitrogens with one attached hydrogen (secondary N) is 1. The first kappa shape index (κ1) is 12.6. The molecule has 1 aromatic heterocycles. The first-order chi connectivity index (χ1) is 9.11. The van der Waals surface area contributed by atoms with Crippen LogP contribution in [0.15, 0.2) is 6.07 Å². The third kappa shape index (κ3) is 2.63. The molecule has 7 heteroatoms. The van der Waals surface area contributed by atoms with Crippen LogP contribution >= 0.6 is 11.6 Å². The van der Waals surface area contributed by atoms with Crippen molar-refractivity contribution in [2.75, 3.05) is 5.32 Å². The first-order valence-electron chi connectivity index (χ1n) is 6.56. The summed E-state index contributed by atoms with van der Waals surface area (Å²) in [5.74, 6) is 1.76. The molecule has 2 saturated carbocycles. The zero-order valence-electron chi connectivity index (χ0n) is 10.4. The van der Waals surface area contributed by atoms with E-state index in [9.17, 15) is 10.1 Å². The van der Waals surface area contributed by atoms with Crippen LogP contribution < -0.4 is 5.32 Å². The van der Waals surface area contributed by atoms with Gasteiger partial charge in [0.15, 0.2) is 5.15 Å². The maximum atomic E-state index is 11.0. The summed E-state index contributed by atoms with van der Waals surface area (Å²) in [6, 6.07) is 1.51. The van der Waals surface area contributed by atoms with E-state index in [0.29, 0.717) is 0 Å². The minimum atomic E-state index is -0.472. The number of aromatic nitrogens is 2. The Hall–Kier alpha value is -1.43. The van der Waals surface area contributed by atoms with E-state index >= 15 is 0 Å². The Kier molecular flexibility index (Phi) is 3.26. The Morgan fingerprint density at radius 2 is 1.95 bits per heavy atom. The van der Waals surface area contributed by atoms with Crippen molar-refractivity contribution >= 4 is 23.1 Å². The summed E-state index contributed by atoms with van der Waals surface area (Å²) in [5, 5.41) is 21.7. The summed E-state index contributed by atoms with van der Waals surface area (Å²) in [5.41, 5.74) is -0.0991. The second-order valence-electron chi connectivity index (χ2n) is 5.52. The summed E-state index contributed by atoms with van der Waals surface area (Å²) >= 11 is 5.65. The van der Waals surface area contributed by atoms with Crippen molar-refractivity contribution in [3.8, 4) is 0 Å². The van der Waals surface area contributed by atoms with Crippen LogP contribution in [-0.2, 0) is 0 Å². The number of nitrogens with zero attached hydrogens (tertiary/aromatic N) is 3. The fourth-order valence-electron chi connectivity index (χ4n) is 3.42. The molecule has 0 aromatic carbocycles. The molecule has 102 valence electrons. The molecule has 0 aliphatic heterocycles. The molecule has 0 spiro atoms. The molecule has 2 aliphatic rings. The molecule has 0 saturated heterocycles. The SMILES string of the molecule is O=[N+]([O-])c1cc(Cl)nnc1NC1CC2CC[C@@H](C2)C1. The molecule has 1 heterocycles. The van der Waals surface area contributed by atoms with E-state index in [-0.39, 0.29) is 22.7 Å². The average molecular weight is 283 g/mol. The molecule has 2 bridgehead atoms. The van der Waals surface area contributed by atoms with Gasteiger partial charge in [-0.05, 0) is 31.1 Å². The number of anilines is 1. The van der Waals surface area contributed by atoms with Crippen molar-refractivity contribution in [1.29, 1.82) is 0 Å². The summed E-state index contributed by atoms with van der Waals surface area (Å²) < 4.78 is 0. The highest BCUT2D eigenvalue weighted by Gasteiger charge is 2.35. The van der Waals surface area contributed by atoms with Crippen molar-refractivity contribution in [3.63, 3.8) is 0 Å². The number of halogens is 1. The molecule has 3 atom stereocenters. The van der Waals surface area contributed by atoms with Gasteiger partial charge in [0.05, 0.1) is 11.0 Å². The standard InChI is InChI=1S/C12H15ClN4O2/c13-11-6-10(17(18)19)12(16-15-11)14-9-4-7-1-2-8(3-7)5-9/h6-9H,1-5H2,(H,14,16)/t7-,8?,9?/m0/s1. The summed E-state index contributed by atoms with van der Waals surface area (Å²) in [4.78, 5) is 10.5. The molecule has 6 nitrogen and oxygen atoms in total. The average Bonchev–Trinajstić information content (AvgIpc) is 2.71. The Morgan fingerprint density at radius 3 is 2.58 bits per heavy atom. The maximum Gasteiger partial charge on any atom is 0.316 e. The largest absolute Gasteiger partial charge is 0.360 e. The minimum Gasteiger partial charge on any atom is -0.360 e. The second-order valence-corrected chi connectivity index (χ2v) is 5.90. The number of nitro groups is 1. The van der Waals surface area contributed by atoms with Gasteiger partial charge in [-0.15, -0.1) is 10.2 Å². The van der Waals surface area contributed by atoms with E-state index in [1.165, 1.54) is 25.3 Å². The fourth-order valence-corrected chi connectivity index (χ4v) is 3.56. The second kappa shape index (κ2) is 4.92. The maximum absolute atomic E-state index is 11.0. The Bertz CT molecular complexity index is 499. The summed E-state index contributed by atoms with van der Waals surface area (Å²) in [6.07, 6.45) is 6.02. The molecule has 1 aromatic rings. The molecular formula is C12H15ClN4O2. The molecule has 2 unspecified atom stereocenters. The van der Waals surface area contributed by atoms with E-state index in [4.69, 9.17) is 11.6 Å². The zero-order valence-corrected chi connectivity index (χ0v) is 11.1. The van der Waals surface area contributed by atoms with Gasteiger partial charge in [-0.1, -0.05) is 24.4 Å². The van der Waals surface area contributed by atoms with Crippen LogP contribution in [-0.4, -0.2) is 21.2 Å². The Balaban J connectivity index is 1.78. The van der Waals surface area contributed by atoms with Crippen LogP contribution in [0.3, 0.4) is 0 Å². The number of fused-ring (bicyclic) bond motifs is 2. The van der Waals surface area contributed by atoms with E-state index in [1.807, 2.05) is 0 Å². The topological polar surface area (TPSA) is 81.0 Å². The Morgan fingerprint density at radius 1 is 1.26 bits per heavy atom. The van der Waals surface area contributed by atoms with Gasteiger partial charge >= 0.3 is 5.69 Å².